The van der Waals surface area contributed by atoms with Crippen molar-refractivity contribution in [2.24, 2.45) is 0 Å². The van der Waals surface area contributed by atoms with E-state index >= 15 is 0 Å². The summed E-state index contributed by atoms with van der Waals surface area (Å²) in [6.07, 6.45) is 0. The summed E-state index contributed by atoms with van der Waals surface area (Å²) in [6.45, 7) is 4.70. The molecule has 6 nitrogen and oxygen atoms in total. The molecule has 22 aromatic rings. The molecule has 0 spiro atoms. The van der Waals surface area contributed by atoms with Crippen molar-refractivity contribution in [3.8, 4) is 72.7 Å². The van der Waals surface area contributed by atoms with Crippen LogP contribution in [0.3, 0.4) is 0 Å². The SMILES string of the molecule is CC1(C)c2ccccc2-c2ccc(N(c3ccc(-c4ccccc4)cc3)c3ccc(-c4ccc(-n5c6ccccc6c6cc7oc8ccccc8c7cc65)cc4)cc3)cc21.c1ccc(-c2ccc(N(c3cccc(-c4ccccc4)c3)c3ccc4c5c6c7ccccc7n(-c7ccccc7)c6ccc5n(-c5ccccc5)c4c3)cc2)cc1. The fourth-order valence-corrected chi connectivity index (χ4v) is 18.5. The molecule has 4 aromatic heterocycles. The van der Waals surface area contributed by atoms with E-state index in [0.717, 1.165) is 78.6 Å². The standard InChI is InChI=1S/C57H40N2O.C54H37N3/c1-57(2)51-17-9-6-14-45(51)46-33-32-44(34-52(46)57)58(41-26-20-38(21-27-41)37-12-4-3-5-13-37)42-28-22-39(23-29-42)40-24-30-43(31-25-40)59-53-18-10-7-15-47(53)49-36-56-50(35-54(49)59)48-16-8-11-19-55(48)60-56;1-5-16-38(17-6-1)40-28-30-44(31-29-40)55(45-25-15-20-41(36-45)39-18-7-2-8-19-39)46-32-33-48-52(37-46)57(43-23-11-4-12-24-43)51-35-34-50-53(54(48)51)47-26-13-14-27-49(47)56(50)42-21-9-3-10-22-42/h3-36H,1-2H3;1-37H. The van der Waals surface area contributed by atoms with E-state index in [9.17, 15) is 0 Å². The minimum Gasteiger partial charge on any atom is -0.456 e. The monoisotopic (exact) mass is 1500 g/mol. The normalized spacial score (nSPS) is 12.3. The second-order valence-corrected chi connectivity index (χ2v) is 31.1. The van der Waals surface area contributed by atoms with Crippen molar-refractivity contribution >= 4 is 121 Å². The molecule has 0 atom stereocenters. The van der Waals surface area contributed by atoms with Gasteiger partial charge in [-0.15, -0.1) is 0 Å². The third kappa shape index (κ3) is 11.7. The Morgan fingerprint density at radius 2 is 0.590 bits per heavy atom. The maximum absolute atomic E-state index is 6.31. The largest absolute Gasteiger partial charge is 0.456 e. The first kappa shape index (κ1) is 68.6. The van der Waals surface area contributed by atoms with E-state index in [1.165, 1.54) is 127 Å². The number of hydrogen-bond acceptors (Lipinski definition) is 3. The Kier molecular flexibility index (Phi) is 16.5. The van der Waals surface area contributed by atoms with Gasteiger partial charge in [0.05, 0.1) is 33.1 Å². The molecule has 0 saturated carbocycles. The lowest BCUT2D eigenvalue weighted by molar-refractivity contribution is 0.660. The van der Waals surface area contributed by atoms with E-state index in [4.69, 9.17) is 4.42 Å². The highest BCUT2D eigenvalue weighted by atomic mass is 16.3. The smallest absolute Gasteiger partial charge is 0.136 e. The lowest BCUT2D eigenvalue weighted by atomic mass is 9.82. The van der Waals surface area contributed by atoms with Crippen molar-refractivity contribution < 1.29 is 4.42 Å². The second-order valence-electron chi connectivity index (χ2n) is 31.1. The van der Waals surface area contributed by atoms with Crippen LogP contribution in [0.5, 0.6) is 0 Å². The molecule has 0 unspecified atom stereocenters. The van der Waals surface area contributed by atoms with Gasteiger partial charge in [0.2, 0.25) is 0 Å². The van der Waals surface area contributed by atoms with E-state index in [-0.39, 0.29) is 5.41 Å². The molecule has 0 N–H and O–H groups in total. The van der Waals surface area contributed by atoms with E-state index in [2.05, 4.69) is 456 Å². The topological polar surface area (TPSA) is 34.4 Å². The number of hydrogen-bond donors (Lipinski definition) is 0. The van der Waals surface area contributed by atoms with Crippen molar-refractivity contribution in [2.45, 2.75) is 19.3 Å². The van der Waals surface area contributed by atoms with Crippen LogP contribution in [0.2, 0.25) is 0 Å². The fraction of sp³-hybridized carbons (Fsp3) is 0.0270. The molecular formula is C111H77N5O. The van der Waals surface area contributed by atoms with Crippen LogP contribution in [0.25, 0.3) is 160 Å². The Bertz CT molecular complexity index is 7530. The van der Waals surface area contributed by atoms with Crippen molar-refractivity contribution in [1.82, 2.24) is 13.7 Å². The maximum Gasteiger partial charge on any atom is 0.136 e. The van der Waals surface area contributed by atoms with Gasteiger partial charge in [-0.25, -0.2) is 0 Å². The van der Waals surface area contributed by atoms with Gasteiger partial charge in [0.1, 0.15) is 11.2 Å². The molecular weight excluding hydrogens is 1420 g/mol. The zero-order chi connectivity index (χ0) is 77.7. The summed E-state index contributed by atoms with van der Waals surface area (Å²) in [5.74, 6) is 0. The van der Waals surface area contributed by atoms with Gasteiger partial charge in [-0.2, -0.15) is 0 Å². The number of para-hydroxylation sites is 5. The predicted octanol–water partition coefficient (Wildman–Crippen LogP) is 30.5. The first-order chi connectivity index (χ1) is 57.8. The second kappa shape index (κ2) is 28.1. The van der Waals surface area contributed by atoms with Crippen LogP contribution in [-0.4, -0.2) is 13.7 Å². The maximum atomic E-state index is 6.31. The predicted molar refractivity (Wildman–Crippen MR) is 492 cm³/mol. The molecule has 552 valence electrons. The number of nitrogens with zero attached hydrogens (tertiary/aromatic N) is 5. The molecule has 0 radical (unpaired) electrons. The van der Waals surface area contributed by atoms with Crippen LogP contribution in [0, 0.1) is 0 Å². The van der Waals surface area contributed by atoms with Crippen molar-refractivity contribution in [1.29, 1.82) is 0 Å². The number of aromatic nitrogens is 3. The third-order valence-corrected chi connectivity index (χ3v) is 24.1. The third-order valence-electron chi connectivity index (χ3n) is 24.1. The van der Waals surface area contributed by atoms with E-state index < -0.39 is 0 Å². The molecule has 6 heteroatoms. The fourth-order valence-electron chi connectivity index (χ4n) is 18.5. The summed E-state index contributed by atoms with van der Waals surface area (Å²) in [5.41, 5.74) is 33.8. The Hall–Kier alpha value is -15.2. The molecule has 23 rings (SSSR count). The summed E-state index contributed by atoms with van der Waals surface area (Å²) in [6, 6.07) is 156. The molecule has 4 heterocycles. The van der Waals surface area contributed by atoms with Gasteiger partial charge in [0, 0.05) is 99.7 Å². The Morgan fingerprint density at radius 1 is 0.205 bits per heavy atom. The number of rotatable bonds is 13. The minimum atomic E-state index is -0.0973. The van der Waals surface area contributed by atoms with Crippen LogP contribution >= 0.6 is 0 Å². The number of furan rings is 1. The highest BCUT2D eigenvalue weighted by Gasteiger charge is 2.36. The van der Waals surface area contributed by atoms with Gasteiger partial charge < -0.3 is 27.9 Å². The van der Waals surface area contributed by atoms with Crippen LogP contribution in [0.15, 0.2) is 435 Å². The average molecular weight is 1500 g/mol. The zero-order valence-electron chi connectivity index (χ0n) is 64.6. The summed E-state index contributed by atoms with van der Waals surface area (Å²) < 4.78 is 13.5. The van der Waals surface area contributed by atoms with Crippen molar-refractivity contribution in [3.05, 3.63) is 442 Å². The van der Waals surface area contributed by atoms with Crippen LogP contribution in [0.1, 0.15) is 25.0 Å². The number of benzene rings is 18. The average Bonchev–Trinajstić information content (AvgIpc) is 1.55. The highest BCUT2D eigenvalue weighted by Crippen LogP contribution is 2.52. The van der Waals surface area contributed by atoms with E-state index in [1.807, 2.05) is 12.1 Å². The summed E-state index contributed by atoms with van der Waals surface area (Å²) in [7, 11) is 0. The Morgan fingerprint density at radius 3 is 1.18 bits per heavy atom. The van der Waals surface area contributed by atoms with Crippen molar-refractivity contribution in [3.63, 3.8) is 0 Å². The zero-order valence-corrected chi connectivity index (χ0v) is 64.6. The van der Waals surface area contributed by atoms with Gasteiger partial charge in [-0.05, 0) is 218 Å². The van der Waals surface area contributed by atoms with Crippen molar-refractivity contribution in [2.75, 3.05) is 9.80 Å². The summed E-state index contributed by atoms with van der Waals surface area (Å²) in [5, 5.41) is 9.66. The lowest BCUT2D eigenvalue weighted by Crippen LogP contribution is -2.16. The summed E-state index contributed by atoms with van der Waals surface area (Å²) >= 11 is 0. The molecule has 18 aromatic carbocycles. The van der Waals surface area contributed by atoms with E-state index in [1.54, 1.807) is 0 Å². The first-order valence-electron chi connectivity index (χ1n) is 40.3. The van der Waals surface area contributed by atoms with Crippen LogP contribution in [-0.2, 0) is 5.41 Å². The molecule has 0 bridgehead atoms. The number of anilines is 6. The number of fused-ring (bicyclic) bond motifs is 16. The molecule has 0 fully saturated rings. The quantitative estimate of drug-likeness (QED) is 0.115. The first-order valence-corrected chi connectivity index (χ1v) is 40.3. The minimum absolute atomic E-state index is 0.0973. The summed E-state index contributed by atoms with van der Waals surface area (Å²) in [4.78, 5) is 4.79. The molecule has 0 aliphatic heterocycles. The van der Waals surface area contributed by atoms with Gasteiger partial charge in [0.15, 0.2) is 0 Å². The molecule has 0 amide bonds. The van der Waals surface area contributed by atoms with Crippen LogP contribution in [0.4, 0.5) is 34.1 Å². The van der Waals surface area contributed by atoms with Gasteiger partial charge >= 0.3 is 0 Å². The Labute approximate surface area is 678 Å². The van der Waals surface area contributed by atoms with E-state index in [0.29, 0.717) is 0 Å². The van der Waals surface area contributed by atoms with Gasteiger partial charge in [-0.3, -0.25) is 0 Å². The molecule has 0 saturated heterocycles. The highest BCUT2D eigenvalue weighted by molar-refractivity contribution is 6.29. The van der Waals surface area contributed by atoms with Crippen LogP contribution < -0.4 is 9.80 Å². The molecule has 117 heavy (non-hydrogen) atoms. The van der Waals surface area contributed by atoms with Gasteiger partial charge in [-0.1, -0.05) is 293 Å². The molecule has 1 aliphatic rings. The molecule has 1 aliphatic carbocycles. The van der Waals surface area contributed by atoms with Gasteiger partial charge in [0.25, 0.3) is 0 Å². The Balaban J connectivity index is 0.000000142. The lowest BCUT2D eigenvalue weighted by Gasteiger charge is -2.28.